The van der Waals surface area contributed by atoms with Crippen LogP contribution in [0.2, 0.25) is 0 Å². The molecule has 0 aromatic carbocycles. The Morgan fingerprint density at radius 3 is 0.341 bits per heavy atom. The summed E-state index contributed by atoms with van der Waals surface area (Å²) in [4.78, 5) is 40.9. The molecule has 0 saturated carbocycles. The second-order valence-corrected chi connectivity index (χ2v) is 24.7. The summed E-state index contributed by atoms with van der Waals surface area (Å²) < 4.78 is 0. The quantitative estimate of drug-likeness (QED) is 0.0552. The van der Waals surface area contributed by atoms with Crippen LogP contribution < -0.4 is 20.4 Å². The van der Waals surface area contributed by atoms with E-state index in [4.69, 9.17) is 10.2 Å². The number of unbranched alkanes of at least 4 members (excludes halogenated alkanes) is 56. The number of aliphatic hydroxyl groups excluding tert-OH is 2. The molecule has 0 saturated heterocycles. The molecule has 0 atom stereocenters. The summed E-state index contributed by atoms with van der Waals surface area (Å²) in [6.45, 7) is 8.82. The number of hydrogen-bond donors (Lipinski definition) is 2. The van der Waals surface area contributed by atoms with Gasteiger partial charge in [-0.25, -0.2) is 0 Å². The molecule has 0 aromatic rings. The molecule has 10 heteroatoms. The van der Waals surface area contributed by atoms with E-state index in [-0.39, 0.29) is 46.3 Å². The van der Waals surface area contributed by atoms with E-state index in [0.717, 1.165) is 51.4 Å². The van der Waals surface area contributed by atoms with Crippen molar-refractivity contribution >= 4 is 23.9 Å². The Morgan fingerprint density at radius 2 is 0.271 bits per heavy atom. The van der Waals surface area contributed by atoms with Crippen molar-refractivity contribution in [2.45, 2.75) is 439 Å². The average molecular weight is 1210 g/mol. The summed E-state index contributed by atoms with van der Waals surface area (Å²) in [6, 6.07) is 0. The maximum absolute atomic E-state index is 10.2. The van der Waals surface area contributed by atoms with Gasteiger partial charge in [-0.05, 0) is 51.4 Å². The van der Waals surface area contributed by atoms with Crippen LogP contribution in [0.1, 0.15) is 439 Å². The second kappa shape index (κ2) is 92.9. The molecule has 0 amide bonds. The third-order valence-electron chi connectivity index (χ3n) is 16.0. The fraction of sp³-hybridized carbons (Fsp3) is 0.933. The molecule has 0 bridgehead atoms. The van der Waals surface area contributed by atoms with Crippen LogP contribution in [-0.2, 0) is 19.2 Å². The van der Waals surface area contributed by atoms with Gasteiger partial charge < -0.3 is 49.8 Å². The topological polar surface area (TPSA) is 201 Å². The van der Waals surface area contributed by atoms with Crippen LogP contribution in [0.3, 0.4) is 0 Å². The van der Waals surface area contributed by atoms with E-state index >= 15 is 0 Å². The minimum Gasteiger partial charge on any atom is -0.550 e. The SMILES string of the molecule is CCCCCCCCCCCCCCCCCC(=O)[O-].CCCCCCCCCCCCCCCCCC(=O)[O-].CCCCCCCCCCCCCCCCCC(=O)[O-].CCCCCCCCCCCCCCCCCC(=O)[O-].OCCO.[C+4]. The van der Waals surface area contributed by atoms with Crippen LogP contribution in [0.5, 0.6) is 0 Å². The predicted molar refractivity (Wildman–Crippen MR) is 356 cm³/mol. The first-order valence-corrected chi connectivity index (χ1v) is 37.0. The number of carbonyl (C=O) groups is 4. The van der Waals surface area contributed by atoms with E-state index in [1.807, 2.05) is 0 Å². The van der Waals surface area contributed by atoms with Crippen LogP contribution in [0.25, 0.3) is 0 Å². The van der Waals surface area contributed by atoms with Gasteiger partial charge in [0.2, 0.25) is 0 Å². The number of rotatable bonds is 65. The standard InChI is InChI=1S/4C18H36O2.C2H6O2.C/c4*1-2-3-4-5-6-7-8-9-10-11-12-13-14-15-16-17-18(19)20;3-1-2-4;/h4*2-17H2,1H3,(H,19,20);3-4H,1-2H2;/q;;;;;+4/p-4. The van der Waals surface area contributed by atoms with Gasteiger partial charge in [-0.15, -0.1) is 0 Å². The molecule has 0 spiro atoms. The number of carboxylic acid groups (broad SMARTS) is 4. The van der Waals surface area contributed by atoms with Crippen LogP contribution in [-0.4, -0.2) is 47.3 Å². The summed E-state index contributed by atoms with van der Waals surface area (Å²) in [6.07, 6.45) is 79.4. The fourth-order valence-corrected chi connectivity index (χ4v) is 10.6. The van der Waals surface area contributed by atoms with E-state index in [2.05, 4.69) is 27.7 Å². The molecule has 0 aromatic heterocycles. The molecule has 10 nitrogen and oxygen atoms in total. The molecule has 0 rings (SSSR count). The third-order valence-corrected chi connectivity index (χ3v) is 16.0. The Labute approximate surface area is 530 Å². The summed E-state index contributed by atoms with van der Waals surface area (Å²) in [7, 11) is 0. The molecule has 0 aliphatic rings. The molecule has 0 unspecified atom stereocenters. The number of hydrogen-bond acceptors (Lipinski definition) is 10. The number of aliphatic hydroxyl groups is 2. The van der Waals surface area contributed by atoms with Crippen molar-refractivity contribution in [3.8, 4) is 0 Å². The van der Waals surface area contributed by atoms with Crippen molar-refractivity contribution in [3.63, 3.8) is 0 Å². The maximum atomic E-state index is 10.2. The second-order valence-electron chi connectivity index (χ2n) is 24.7. The smallest absolute Gasteiger partial charge is 0.550 e. The molecule has 0 aliphatic carbocycles. The fourth-order valence-electron chi connectivity index (χ4n) is 10.6. The summed E-state index contributed by atoms with van der Waals surface area (Å²) in [5, 5.41) is 56.1. The van der Waals surface area contributed by atoms with Gasteiger partial charge in [-0.1, -0.05) is 387 Å². The van der Waals surface area contributed by atoms with E-state index in [9.17, 15) is 39.6 Å². The Hall–Kier alpha value is -2.20. The third kappa shape index (κ3) is 117. The molecule has 0 aliphatic heterocycles. The van der Waals surface area contributed by atoms with Crippen LogP contribution >= 0.6 is 0 Å². The molecule has 0 heterocycles. The zero-order valence-corrected chi connectivity index (χ0v) is 57.3. The minimum absolute atomic E-state index is 0. The number of aliphatic carboxylic acids is 4. The van der Waals surface area contributed by atoms with Gasteiger partial charge in [-0.2, -0.15) is 0 Å². The van der Waals surface area contributed by atoms with Gasteiger partial charge in [0.1, 0.15) is 0 Å². The van der Waals surface area contributed by atoms with Crippen molar-refractivity contribution in [2.75, 3.05) is 13.2 Å². The van der Waals surface area contributed by atoms with Crippen molar-refractivity contribution < 1.29 is 49.8 Å². The Kier molecular flexibility index (Phi) is 103. The number of carboxylic acids is 4. The Bertz CT molecular complexity index is 1020. The number of carbonyl (C=O) groups excluding carboxylic acids is 4. The summed E-state index contributed by atoms with van der Waals surface area (Å²) in [5.41, 5.74) is 0. The van der Waals surface area contributed by atoms with Crippen molar-refractivity contribution in [1.82, 2.24) is 0 Å². The van der Waals surface area contributed by atoms with Gasteiger partial charge in [0, 0.05) is 23.9 Å². The van der Waals surface area contributed by atoms with Crippen molar-refractivity contribution in [2.24, 2.45) is 0 Å². The zero-order chi connectivity index (χ0) is 63.0. The van der Waals surface area contributed by atoms with E-state index in [0.29, 0.717) is 0 Å². The van der Waals surface area contributed by atoms with Crippen LogP contribution in [0.4, 0.5) is 0 Å². The van der Waals surface area contributed by atoms with Gasteiger partial charge in [0.15, 0.2) is 0 Å². The molecular formula is C75H146O10. The van der Waals surface area contributed by atoms with Crippen molar-refractivity contribution in [3.05, 3.63) is 7.43 Å². The van der Waals surface area contributed by atoms with E-state index < -0.39 is 23.9 Å². The molecule has 0 fully saturated rings. The normalized spacial score (nSPS) is 10.6. The predicted octanol–water partition coefficient (Wildman–Crippen LogP) is 19.0. The maximum Gasteiger partial charge on any atom is 4.00 e. The summed E-state index contributed by atoms with van der Waals surface area (Å²) in [5.74, 6) is -3.61. The van der Waals surface area contributed by atoms with Crippen LogP contribution in [0, 0.1) is 7.43 Å². The monoisotopic (exact) mass is 1210 g/mol. The first kappa shape index (κ1) is 93.9. The van der Waals surface area contributed by atoms with Gasteiger partial charge in [-0.3, -0.25) is 0 Å². The van der Waals surface area contributed by atoms with E-state index in [1.165, 1.54) is 334 Å². The first-order valence-electron chi connectivity index (χ1n) is 37.0. The Balaban J connectivity index is -0.000000238. The first-order chi connectivity index (χ1) is 41.0. The largest absolute Gasteiger partial charge is 4.00 e. The van der Waals surface area contributed by atoms with Crippen molar-refractivity contribution in [1.29, 1.82) is 0 Å². The molecule has 0 radical (unpaired) electrons. The molecule has 85 heavy (non-hydrogen) atoms. The van der Waals surface area contributed by atoms with Gasteiger partial charge in [0.05, 0.1) is 13.2 Å². The van der Waals surface area contributed by atoms with Gasteiger partial charge >= 0.3 is 7.43 Å². The molecular weight excluding hydrogens is 1060 g/mol. The van der Waals surface area contributed by atoms with E-state index in [1.54, 1.807) is 0 Å². The van der Waals surface area contributed by atoms with Crippen LogP contribution in [0.15, 0.2) is 0 Å². The molecule has 506 valence electrons. The molecule has 2 N–H and O–H groups in total. The average Bonchev–Trinajstić information content (AvgIpc) is 3.47. The minimum atomic E-state index is -0.903. The summed E-state index contributed by atoms with van der Waals surface area (Å²) >= 11 is 0. The zero-order valence-electron chi connectivity index (χ0n) is 57.3. The Morgan fingerprint density at radius 1 is 0.188 bits per heavy atom. The van der Waals surface area contributed by atoms with Gasteiger partial charge in [0.25, 0.3) is 0 Å².